The Morgan fingerprint density at radius 1 is 1.13 bits per heavy atom. The molecule has 0 aliphatic heterocycles. The molecule has 0 unspecified atom stereocenters. The van der Waals surface area contributed by atoms with E-state index in [-0.39, 0.29) is 11.7 Å². The number of hydrogen-bond donors (Lipinski definition) is 1. The van der Waals surface area contributed by atoms with Gasteiger partial charge in [-0.15, -0.1) is 10.2 Å². The third-order valence-corrected chi connectivity index (χ3v) is 5.51. The number of carbonyl (C=O) groups excluding carboxylic acids is 1. The van der Waals surface area contributed by atoms with Crippen LogP contribution in [0.5, 0.6) is 5.75 Å². The van der Waals surface area contributed by atoms with Crippen molar-refractivity contribution < 1.29 is 9.53 Å². The molecule has 0 atom stereocenters. The highest BCUT2D eigenvalue weighted by atomic mass is 35.5. The maximum atomic E-state index is 12.2. The Bertz CT molecular complexity index is 1180. The van der Waals surface area contributed by atoms with E-state index in [0.29, 0.717) is 22.4 Å². The zero-order valence-corrected chi connectivity index (χ0v) is 17.7. The third kappa shape index (κ3) is 4.72. The van der Waals surface area contributed by atoms with Crippen molar-refractivity contribution in [3.8, 4) is 17.0 Å². The number of rotatable bonds is 7. The first-order chi connectivity index (χ1) is 14.6. The van der Waals surface area contributed by atoms with E-state index >= 15 is 0 Å². The molecule has 2 heterocycles. The minimum Gasteiger partial charge on any atom is -0.497 e. The van der Waals surface area contributed by atoms with E-state index in [1.54, 1.807) is 23.8 Å². The van der Waals surface area contributed by atoms with Crippen LogP contribution in [0.2, 0.25) is 5.02 Å². The zero-order valence-electron chi connectivity index (χ0n) is 16.1. The lowest BCUT2D eigenvalue weighted by Crippen LogP contribution is -2.24. The zero-order chi connectivity index (χ0) is 20.9. The molecule has 1 amide bonds. The van der Waals surface area contributed by atoms with Crippen LogP contribution in [0.15, 0.2) is 65.8 Å². The van der Waals surface area contributed by atoms with Crippen molar-refractivity contribution in [2.45, 2.75) is 11.7 Å². The third-order valence-electron chi connectivity index (χ3n) is 4.34. The molecular formula is C21H18ClN5O2S. The Morgan fingerprint density at radius 2 is 1.97 bits per heavy atom. The van der Waals surface area contributed by atoms with Gasteiger partial charge < -0.3 is 10.1 Å². The van der Waals surface area contributed by atoms with E-state index in [0.717, 1.165) is 22.6 Å². The summed E-state index contributed by atoms with van der Waals surface area (Å²) in [6.07, 6.45) is 0. The number of hydrogen-bond acceptors (Lipinski definition) is 6. The fourth-order valence-electron chi connectivity index (χ4n) is 2.78. The van der Waals surface area contributed by atoms with Gasteiger partial charge in [-0.25, -0.2) is 0 Å². The number of fused-ring (bicyclic) bond motifs is 1. The standard InChI is InChI=1S/C21H18ClN5O2S/c1-29-17-4-2-3-15(11-17)18-9-10-19-24-25-21(27(19)26-18)30-13-20(28)23-12-14-5-7-16(22)8-6-14/h2-11H,12-13H2,1H3,(H,23,28). The highest BCUT2D eigenvalue weighted by Gasteiger charge is 2.12. The van der Waals surface area contributed by atoms with Gasteiger partial charge in [-0.1, -0.05) is 47.6 Å². The summed E-state index contributed by atoms with van der Waals surface area (Å²) >= 11 is 7.16. The molecule has 0 fully saturated rings. The molecular weight excluding hydrogens is 422 g/mol. The summed E-state index contributed by atoms with van der Waals surface area (Å²) in [5, 5.41) is 17.0. The van der Waals surface area contributed by atoms with Crippen LogP contribution in [-0.4, -0.2) is 38.6 Å². The lowest BCUT2D eigenvalue weighted by atomic mass is 10.1. The Balaban J connectivity index is 1.43. The van der Waals surface area contributed by atoms with E-state index in [2.05, 4.69) is 20.6 Å². The van der Waals surface area contributed by atoms with Crippen LogP contribution in [-0.2, 0) is 11.3 Å². The second kappa shape index (κ2) is 9.15. The van der Waals surface area contributed by atoms with Crippen LogP contribution in [0.25, 0.3) is 16.9 Å². The van der Waals surface area contributed by atoms with Crippen molar-refractivity contribution in [3.05, 3.63) is 71.2 Å². The Labute approximate surface area is 182 Å². The quantitative estimate of drug-likeness (QED) is 0.440. The normalized spacial score (nSPS) is 10.9. The maximum Gasteiger partial charge on any atom is 0.230 e. The van der Waals surface area contributed by atoms with Crippen molar-refractivity contribution in [2.24, 2.45) is 0 Å². The summed E-state index contributed by atoms with van der Waals surface area (Å²) in [5.41, 5.74) is 3.28. The number of amides is 1. The number of nitrogens with zero attached hydrogens (tertiary/aromatic N) is 4. The maximum absolute atomic E-state index is 12.2. The second-order valence-electron chi connectivity index (χ2n) is 6.39. The minimum absolute atomic E-state index is 0.101. The number of benzene rings is 2. The van der Waals surface area contributed by atoms with Gasteiger partial charge in [-0.05, 0) is 42.0 Å². The number of nitrogens with one attached hydrogen (secondary N) is 1. The SMILES string of the molecule is COc1cccc(-c2ccc3nnc(SCC(=O)NCc4ccc(Cl)cc4)n3n2)c1. The van der Waals surface area contributed by atoms with Gasteiger partial charge in [0.2, 0.25) is 11.1 Å². The van der Waals surface area contributed by atoms with Gasteiger partial charge in [0.25, 0.3) is 0 Å². The smallest absolute Gasteiger partial charge is 0.230 e. The molecule has 0 aliphatic carbocycles. The molecule has 9 heteroatoms. The predicted molar refractivity (Wildman–Crippen MR) is 117 cm³/mol. The molecule has 4 rings (SSSR count). The van der Waals surface area contributed by atoms with Crippen LogP contribution in [0, 0.1) is 0 Å². The molecule has 0 bridgehead atoms. The molecule has 7 nitrogen and oxygen atoms in total. The minimum atomic E-state index is -0.101. The van der Waals surface area contributed by atoms with E-state index in [9.17, 15) is 4.79 Å². The molecule has 2 aromatic carbocycles. The highest BCUT2D eigenvalue weighted by Crippen LogP contribution is 2.23. The molecule has 2 aromatic heterocycles. The monoisotopic (exact) mass is 439 g/mol. The first kappa shape index (κ1) is 20.2. The number of carbonyl (C=O) groups is 1. The Kier molecular flexibility index (Phi) is 6.15. The molecule has 30 heavy (non-hydrogen) atoms. The van der Waals surface area contributed by atoms with Crippen molar-refractivity contribution >= 4 is 34.9 Å². The van der Waals surface area contributed by atoms with Gasteiger partial charge in [0, 0.05) is 17.1 Å². The number of methoxy groups -OCH3 is 1. The summed E-state index contributed by atoms with van der Waals surface area (Å²) in [5.74, 6) is 0.861. The van der Waals surface area contributed by atoms with E-state index in [1.165, 1.54) is 11.8 Å². The summed E-state index contributed by atoms with van der Waals surface area (Å²) in [6, 6.07) is 18.7. The predicted octanol–water partition coefficient (Wildman–Crippen LogP) is 3.86. The van der Waals surface area contributed by atoms with Gasteiger partial charge in [0.05, 0.1) is 18.6 Å². The van der Waals surface area contributed by atoms with Crippen LogP contribution < -0.4 is 10.1 Å². The average molecular weight is 440 g/mol. The largest absolute Gasteiger partial charge is 0.497 e. The lowest BCUT2D eigenvalue weighted by Gasteiger charge is -2.06. The molecule has 0 radical (unpaired) electrons. The van der Waals surface area contributed by atoms with E-state index in [4.69, 9.17) is 16.3 Å². The van der Waals surface area contributed by atoms with E-state index < -0.39 is 0 Å². The van der Waals surface area contributed by atoms with Crippen molar-refractivity contribution in [3.63, 3.8) is 0 Å². The molecule has 1 N–H and O–H groups in total. The average Bonchev–Trinajstić information content (AvgIpc) is 3.19. The molecule has 0 saturated carbocycles. The van der Waals surface area contributed by atoms with E-state index in [1.807, 2.05) is 48.5 Å². The number of thioether (sulfide) groups is 1. The fraction of sp³-hybridized carbons (Fsp3) is 0.143. The van der Waals surface area contributed by atoms with Crippen LogP contribution in [0.1, 0.15) is 5.56 Å². The topological polar surface area (TPSA) is 81.4 Å². The van der Waals surface area contributed by atoms with Crippen LogP contribution in [0.3, 0.4) is 0 Å². The number of ether oxygens (including phenoxy) is 1. The lowest BCUT2D eigenvalue weighted by molar-refractivity contribution is -0.118. The summed E-state index contributed by atoms with van der Waals surface area (Å²) in [4.78, 5) is 12.2. The van der Waals surface area contributed by atoms with Crippen molar-refractivity contribution in [1.29, 1.82) is 0 Å². The fourth-order valence-corrected chi connectivity index (χ4v) is 3.62. The Morgan fingerprint density at radius 3 is 2.77 bits per heavy atom. The number of halogens is 1. The summed E-state index contributed by atoms with van der Waals surface area (Å²) in [7, 11) is 1.63. The molecule has 0 aliphatic rings. The van der Waals surface area contributed by atoms with Gasteiger partial charge in [-0.3, -0.25) is 4.79 Å². The highest BCUT2D eigenvalue weighted by molar-refractivity contribution is 7.99. The van der Waals surface area contributed by atoms with Crippen molar-refractivity contribution in [2.75, 3.05) is 12.9 Å². The van der Waals surface area contributed by atoms with Crippen LogP contribution in [0.4, 0.5) is 0 Å². The van der Waals surface area contributed by atoms with Gasteiger partial charge >= 0.3 is 0 Å². The molecule has 4 aromatic rings. The second-order valence-corrected chi connectivity index (χ2v) is 7.77. The molecule has 0 spiro atoms. The summed E-state index contributed by atoms with van der Waals surface area (Å²) < 4.78 is 6.93. The first-order valence-corrected chi connectivity index (χ1v) is 10.5. The van der Waals surface area contributed by atoms with Gasteiger partial charge in [-0.2, -0.15) is 9.61 Å². The Hall–Kier alpha value is -3.10. The number of aromatic nitrogens is 4. The first-order valence-electron chi connectivity index (χ1n) is 9.13. The molecule has 0 saturated heterocycles. The van der Waals surface area contributed by atoms with Gasteiger partial charge in [0.1, 0.15) is 5.75 Å². The van der Waals surface area contributed by atoms with Crippen molar-refractivity contribution in [1.82, 2.24) is 25.1 Å². The van der Waals surface area contributed by atoms with Crippen LogP contribution >= 0.6 is 23.4 Å². The summed E-state index contributed by atoms with van der Waals surface area (Å²) in [6.45, 7) is 0.440. The van der Waals surface area contributed by atoms with Gasteiger partial charge in [0.15, 0.2) is 5.65 Å². The molecule has 152 valence electrons.